The van der Waals surface area contributed by atoms with Crippen LogP contribution >= 0.6 is 15.9 Å². The Morgan fingerprint density at radius 1 is 1.42 bits per heavy atom. The second-order valence-electron chi connectivity index (χ2n) is 4.62. The lowest BCUT2D eigenvalue weighted by atomic mass is 10.2. The number of aliphatic hydroxyl groups excluding tert-OH is 1. The van der Waals surface area contributed by atoms with E-state index in [1.807, 2.05) is 24.3 Å². The Bertz CT molecular complexity index is 421. The van der Waals surface area contributed by atoms with Crippen LogP contribution in [-0.4, -0.2) is 41.7 Å². The van der Waals surface area contributed by atoms with Gasteiger partial charge in [0.05, 0.1) is 25.7 Å². The number of carbonyl (C=O) groups excluding carboxylic acids is 1. The van der Waals surface area contributed by atoms with E-state index in [9.17, 15) is 9.90 Å². The fourth-order valence-corrected chi connectivity index (χ4v) is 2.55. The van der Waals surface area contributed by atoms with Crippen molar-refractivity contribution in [2.75, 3.05) is 19.8 Å². The molecule has 1 N–H and O–H groups in total. The largest absolute Gasteiger partial charge is 0.493 e. The number of rotatable bonds is 5. The highest BCUT2D eigenvalue weighted by atomic mass is 79.9. The summed E-state index contributed by atoms with van der Waals surface area (Å²) in [5.74, 6) is 0.824. The van der Waals surface area contributed by atoms with E-state index in [0.29, 0.717) is 13.0 Å². The number of benzene rings is 1. The molecule has 1 saturated heterocycles. The summed E-state index contributed by atoms with van der Waals surface area (Å²) < 4.78 is 6.53. The first-order chi connectivity index (χ1) is 9.20. The second kappa shape index (κ2) is 6.91. The van der Waals surface area contributed by atoms with Crippen LogP contribution in [0.2, 0.25) is 0 Å². The lowest BCUT2D eigenvalue weighted by molar-refractivity contribution is -0.133. The minimum absolute atomic E-state index is 0.000167. The maximum absolute atomic E-state index is 12.0. The Morgan fingerprint density at radius 3 is 2.84 bits per heavy atom. The molecule has 104 valence electrons. The number of nitrogens with zero attached hydrogens (tertiary/aromatic N) is 1. The average Bonchev–Trinajstić information content (AvgIpc) is 2.89. The van der Waals surface area contributed by atoms with E-state index in [0.717, 1.165) is 29.6 Å². The van der Waals surface area contributed by atoms with Gasteiger partial charge in [0.25, 0.3) is 0 Å². The topological polar surface area (TPSA) is 49.8 Å². The Hall–Kier alpha value is -1.07. The SMILES string of the molecule is O=C(CCOc1ccc(Br)cc1)N1CCC[C@H]1CO. The Balaban J connectivity index is 1.76. The van der Waals surface area contributed by atoms with E-state index in [4.69, 9.17) is 4.74 Å². The molecule has 0 unspecified atom stereocenters. The van der Waals surface area contributed by atoms with Crippen LogP contribution in [0.5, 0.6) is 5.75 Å². The van der Waals surface area contributed by atoms with Gasteiger partial charge in [-0.3, -0.25) is 4.79 Å². The van der Waals surface area contributed by atoms with Crippen molar-refractivity contribution in [1.29, 1.82) is 0 Å². The fraction of sp³-hybridized carbons (Fsp3) is 0.500. The van der Waals surface area contributed by atoms with E-state index in [-0.39, 0.29) is 18.6 Å². The maximum Gasteiger partial charge on any atom is 0.226 e. The summed E-state index contributed by atoms with van der Waals surface area (Å²) in [6.45, 7) is 1.18. The third-order valence-electron chi connectivity index (χ3n) is 3.31. The van der Waals surface area contributed by atoms with Crippen molar-refractivity contribution in [3.05, 3.63) is 28.7 Å². The van der Waals surface area contributed by atoms with Gasteiger partial charge < -0.3 is 14.7 Å². The van der Waals surface area contributed by atoms with Crippen LogP contribution in [0.15, 0.2) is 28.7 Å². The summed E-state index contributed by atoms with van der Waals surface area (Å²) in [5, 5.41) is 9.19. The van der Waals surface area contributed by atoms with Crippen LogP contribution in [-0.2, 0) is 4.79 Å². The number of likely N-dealkylation sites (tertiary alicyclic amines) is 1. The minimum atomic E-state index is 0.000167. The molecule has 1 amide bonds. The smallest absolute Gasteiger partial charge is 0.226 e. The third-order valence-corrected chi connectivity index (χ3v) is 3.84. The Morgan fingerprint density at radius 2 is 2.16 bits per heavy atom. The van der Waals surface area contributed by atoms with Crippen LogP contribution in [0.3, 0.4) is 0 Å². The van der Waals surface area contributed by atoms with Crippen molar-refractivity contribution in [2.45, 2.75) is 25.3 Å². The van der Waals surface area contributed by atoms with Crippen molar-refractivity contribution in [2.24, 2.45) is 0 Å². The van der Waals surface area contributed by atoms with Gasteiger partial charge in [-0.05, 0) is 37.1 Å². The molecular formula is C14H18BrNO3. The third kappa shape index (κ3) is 3.94. The molecule has 4 nitrogen and oxygen atoms in total. The predicted octanol–water partition coefficient (Wildman–Crippen LogP) is 2.20. The molecule has 0 aromatic heterocycles. The number of carbonyl (C=O) groups is 1. The predicted molar refractivity (Wildman–Crippen MR) is 76.1 cm³/mol. The zero-order chi connectivity index (χ0) is 13.7. The first kappa shape index (κ1) is 14.3. The molecule has 0 aliphatic carbocycles. The van der Waals surface area contributed by atoms with Crippen LogP contribution in [0.4, 0.5) is 0 Å². The molecule has 2 rings (SSSR count). The number of hydrogen-bond donors (Lipinski definition) is 1. The first-order valence-corrected chi connectivity index (χ1v) is 7.28. The highest BCUT2D eigenvalue weighted by Gasteiger charge is 2.27. The summed E-state index contributed by atoms with van der Waals surface area (Å²) in [4.78, 5) is 13.8. The summed E-state index contributed by atoms with van der Waals surface area (Å²) >= 11 is 3.36. The van der Waals surface area contributed by atoms with Gasteiger partial charge in [0.1, 0.15) is 5.75 Å². The van der Waals surface area contributed by atoms with Gasteiger partial charge in [-0.2, -0.15) is 0 Å². The van der Waals surface area contributed by atoms with Crippen molar-refractivity contribution < 1.29 is 14.6 Å². The molecule has 0 bridgehead atoms. The van der Waals surface area contributed by atoms with Crippen molar-refractivity contribution in [3.8, 4) is 5.75 Å². The van der Waals surface area contributed by atoms with Gasteiger partial charge >= 0.3 is 0 Å². The molecule has 19 heavy (non-hydrogen) atoms. The molecule has 1 atom stereocenters. The average molecular weight is 328 g/mol. The van der Waals surface area contributed by atoms with Crippen LogP contribution in [0.1, 0.15) is 19.3 Å². The number of aliphatic hydroxyl groups is 1. The molecular weight excluding hydrogens is 310 g/mol. The van der Waals surface area contributed by atoms with Crippen LogP contribution in [0.25, 0.3) is 0 Å². The first-order valence-electron chi connectivity index (χ1n) is 6.49. The molecule has 1 aliphatic rings. The molecule has 5 heteroatoms. The minimum Gasteiger partial charge on any atom is -0.493 e. The van der Waals surface area contributed by atoms with E-state index < -0.39 is 0 Å². The van der Waals surface area contributed by atoms with Gasteiger partial charge in [-0.25, -0.2) is 0 Å². The van der Waals surface area contributed by atoms with Crippen molar-refractivity contribution in [3.63, 3.8) is 0 Å². The Labute approximate surface area is 121 Å². The molecule has 1 aromatic rings. The van der Waals surface area contributed by atoms with Gasteiger partial charge in [-0.1, -0.05) is 15.9 Å². The summed E-state index contributed by atoms with van der Waals surface area (Å²) in [6, 6.07) is 7.53. The summed E-state index contributed by atoms with van der Waals surface area (Å²) in [6.07, 6.45) is 2.23. The maximum atomic E-state index is 12.0. The molecule has 1 heterocycles. The molecule has 0 saturated carbocycles. The molecule has 0 spiro atoms. The zero-order valence-electron chi connectivity index (χ0n) is 10.7. The molecule has 1 aliphatic heterocycles. The van der Waals surface area contributed by atoms with Gasteiger partial charge in [0, 0.05) is 11.0 Å². The van der Waals surface area contributed by atoms with Crippen LogP contribution in [0, 0.1) is 0 Å². The van der Waals surface area contributed by atoms with Crippen molar-refractivity contribution in [1.82, 2.24) is 4.90 Å². The van der Waals surface area contributed by atoms with Gasteiger partial charge in [-0.15, -0.1) is 0 Å². The normalized spacial score (nSPS) is 18.6. The monoisotopic (exact) mass is 327 g/mol. The number of amides is 1. The van der Waals surface area contributed by atoms with E-state index in [2.05, 4.69) is 15.9 Å². The molecule has 0 radical (unpaired) electrons. The standard InChI is InChI=1S/C14H18BrNO3/c15-11-3-5-13(6-4-11)19-9-7-14(18)16-8-1-2-12(16)10-17/h3-6,12,17H,1-2,7-10H2/t12-/m0/s1. The molecule has 1 fully saturated rings. The van der Waals surface area contributed by atoms with Crippen molar-refractivity contribution >= 4 is 21.8 Å². The van der Waals surface area contributed by atoms with Gasteiger partial charge in [0.15, 0.2) is 0 Å². The van der Waals surface area contributed by atoms with Gasteiger partial charge in [0.2, 0.25) is 5.91 Å². The summed E-state index contributed by atoms with van der Waals surface area (Å²) in [7, 11) is 0. The van der Waals surface area contributed by atoms with E-state index in [1.54, 1.807) is 4.90 Å². The van der Waals surface area contributed by atoms with Crippen LogP contribution < -0.4 is 4.74 Å². The zero-order valence-corrected chi connectivity index (χ0v) is 12.3. The lowest BCUT2D eigenvalue weighted by Crippen LogP contribution is -2.38. The van der Waals surface area contributed by atoms with E-state index in [1.165, 1.54) is 0 Å². The number of hydrogen-bond acceptors (Lipinski definition) is 3. The quantitative estimate of drug-likeness (QED) is 0.902. The number of ether oxygens (including phenoxy) is 1. The molecule has 1 aromatic carbocycles. The fourth-order valence-electron chi connectivity index (χ4n) is 2.28. The lowest BCUT2D eigenvalue weighted by Gasteiger charge is -2.23. The summed E-state index contributed by atoms with van der Waals surface area (Å²) in [5.41, 5.74) is 0. The highest BCUT2D eigenvalue weighted by Crippen LogP contribution is 2.19. The number of halogens is 1. The Kier molecular flexibility index (Phi) is 5.22. The second-order valence-corrected chi connectivity index (χ2v) is 5.53. The highest BCUT2D eigenvalue weighted by molar-refractivity contribution is 9.10. The van der Waals surface area contributed by atoms with E-state index >= 15 is 0 Å².